The van der Waals surface area contributed by atoms with Crippen LogP contribution in [0.1, 0.15) is 43.4 Å². The quantitative estimate of drug-likeness (QED) is 0.220. The fourth-order valence-electron chi connectivity index (χ4n) is 2.71. The number of aryl methyl sites for hydroxylation is 1. The molecule has 0 heterocycles. The molecular weight excluding hydrogens is 384 g/mol. The van der Waals surface area contributed by atoms with E-state index in [4.69, 9.17) is 4.74 Å². The van der Waals surface area contributed by atoms with Gasteiger partial charge in [-0.25, -0.2) is 9.00 Å². The van der Waals surface area contributed by atoms with Crippen molar-refractivity contribution in [1.82, 2.24) is 0 Å². The second-order valence-electron chi connectivity index (χ2n) is 6.58. The second-order valence-corrected chi connectivity index (χ2v) is 8.06. The summed E-state index contributed by atoms with van der Waals surface area (Å²) in [6.45, 7) is 4.12. The zero-order valence-electron chi connectivity index (χ0n) is 17.2. The summed E-state index contributed by atoms with van der Waals surface area (Å²) in [5.41, 5.74) is 1.98. The van der Waals surface area contributed by atoms with Gasteiger partial charge in [0.1, 0.15) is 0 Å². The molecule has 5 heteroatoms. The minimum atomic E-state index is -1.39. The van der Waals surface area contributed by atoms with Crippen molar-refractivity contribution in [1.29, 1.82) is 0 Å². The first-order valence-electron chi connectivity index (χ1n) is 9.70. The van der Waals surface area contributed by atoms with Gasteiger partial charge in [-0.15, -0.1) is 0 Å². The number of rotatable bonds is 10. The maximum atomic E-state index is 13.5. The molecule has 4 nitrogen and oxygen atoms in total. The number of hydrogen-bond acceptors (Lipinski definition) is 4. The third kappa shape index (κ3) is 7.02. The Bertz CT molecular complexity index is 854. The maximum absolute atomic E-state index is 13.5. The number of carbonyl (C=O) groups excluding carboxylic acids is 1. The molecule has 1 unspecified atom stereocenters. The van der Waals surface area contributed by atoms with Crippen LogP contribution in [-0.4, -0.2) is 17.3 Å². The molecule has 2 aromatic carbocycles. The summed E-state index contributed by atoms with van der Waals surface area (Å²) < 4.78 is 24.0. The highest BCUT2D eigenvalue weighted by molar-refractivity contribution is 7.89. The summed E-state index contributed by atoms with van der Waals surface area (Å²) in [5.74, 6) is -0.506. The highest BCUT2D eigenvalue weighted by atomic mass is 32.2. The smallest absolute Gasteiger partial charge is 0.333 e. The molecule has 0 aromatic heterocycles. The van der Waals surface area contributed by atoms with E-state index in [1.807, 2.05) is 67.6 Å². The predicted molar refractivity (Wildman–Crippen MR) is 117 cm³/mol. The summed E-state index contributed by atoms with van der Waals surface area (Å²) in [7, 11) is -0.0840. The van der Waals surface area contributed by atoms with E-state index in [0.717, 1.165) is 35.3 Å². The van der Waals surface area contributed by atoms with Crippen LogP contribution in [0.3, 0.4) is 0 Å². The topological polar surface area (TPSA) is 52.6 Å². The van der Waals surface area contributed by atoms with Crippen LogP contribution in [0.5, 0.6) is 0 Å². The Morgan fingerprint density at radius 3 is 2.41 bits per heavy atom. The van der Waals surface area contributed by atoms with Gasteiger partial charge in [-0.1, -0.05) is 73.9 Å². The molecule has 0 aliphatic carbocycles. The SMILES string of the molecule is CCCC/C=C(\[C@H](O/C=C/C(=O)OC)c1ccccc1)S(=O)c1ccc(C)cc1. The Balaban J connectivity index is 2.43. The molecule has 2 aromatic rings. The normalized spacial score (nSPS) is 13.8. The number of hydrogen-bond donors (Lipinski definition) is 0. The van der Waals surface area contributed by atoms with Crippen molar-refractivity contribution in [2.45, 2.75) is 44.1 Å². The standard InChI is InChI=1S/C24H28O4S/c1-4-5-7-12-22(29(26)21-15-13-19(2)14-16-21)24(20-10-8-6-9-11-20)28-18-17-23(25)27-3/h6,8-18,24H,4-5,7H2,1-3H3/b18-17+,22-12+/t24-,29?/m1/s1. The van der Waals surface area contributed by atoms with Crippen molar-refractivity contribution >= 4 is 16.8 Å². The molecule has 0 saturated carbocycles. The van der Waals surface area contributed by atoms with Gasteiger partial charge in [0, 0.05) is 4.90 Å². The minimum absolute atomic E-state index is 0.506. The highest BCUT2D eigenvalue weighted by Crippen LogP contribution is 2.32. The first-order valence-corrected chi connectivity index (χ1v) is 10.8. The molecule has 0 aliphatic rings. The van der Waals surface area contributed by atoms with Crippen molar-refractivity contribution in [3.63, 3.8) is 0 Å². The van der Waals surface area contributed by atoms with Crippen LogP contribution in [0, 0.1) is 6.92 Å². The highest BCUT2D eigenvalue weighted by Gasteiger charge is 2.23. The van der Waals surface area contributed by atoms with Gasteiger partial charge < -0.3 is 9.47 Å². The van der Waals surface area contributed by atoms with Crippen molar-refractivity contribution in [2.75, 3.05) is 7.11 Å². The lowest BCUT2D eigenvalue weighted by molar-refractivity contribution is -0.135. The fraction of sp³-hybridized carbons (Fsp3) is 0.292. The van der Waals surface area contributed by atoms with Crippen LogP contribution in [0.25, 0.3) is 0 Å². The molecule has 0 aliphatic heterocycles. The maximum Gasteiger partial charge on any atom is 0.333 e. The average molecular weight is 413 g/mol. The molecule has 0 amide bonds. The second kappa shape index (κ2) is 12.0. The third-order valence-corrected chi connectivity index (χ3v) is 5.84. The van der Waals surface area contributed by atoms with Gasteiger partial charge in [-0.05, 0) is 31.0 Å². The molecule has 0 fully saturated rings. The minimum Gasteiger partial charge on any atom is -0.488 e. The average Bonchev–Trinajstić information content (AvgIpc) is 2.75. The lowest BCUT2D eigenvalue weighted by atomic mass is 10.1. The number of esters is 1. The Labute approximate surface area is 175 Å². The first-order chi connectivity index (χ1) is 14.1. The fourth-order valence-corrected chi connectivity index (χ4v) is 4.02. The van der Waals surface area contributed by atoms with Crippen LogP contribution in [0.15, 0.2) is 82.8 Å². The number of allylic oxidation sites excluding steroid dienone is 1. The third-order valence-electron chi connectivity index (χ3n) is 4.33. The van der Waals surface area contributed by atoms with Crippen LogP contribution in [-0.2, 0) is 25.1 Å². The van der Waals surface area contributed by atoms with Gasteiger partial charge >= 0.3 is 5.97 Å². The number of unbranched alkanes of at least 4 members (excludes halogenated alkanes) is 2. The lowest BCUT2D eigenvalue weighted by Gasteiger charge is -2.21. The number of carbonyl (C=O) groups is 1. The van der Waals surface area contributed by atoms with E-state index >= 15 is 0 Å². The molecule has 2 rings (SSSR count). The summed E-state index contributed by atoms with van der Waals surface area (Å²) in [4.78, 5) is 12.8. The van der Waals surface area contributed by atoms with E-state index in [2.05, 4.69) is 11.7 Å². The van der Waals surface area contributed by atoms with Crippen LogP contribution >= 0.6 is 0 Å². The molecule has 0 bridgehead atoms. The van der Waals surface area contributed by atoms with Gasteiger partial charge in [0.25, 0.3) is 0 Å². The van der Waals surface area contributed by atoms with Gasteiger partial charge in [0.2, 0.25) is 0 Å². The largest absolute Gasteiger partial charge is 0.488 e. The zero-order valence-corrected chi connectivity index (χ0v) is 18.0. The Hall–Kier alpha value is -2.66. The molecule has 0 N–H and O–H groups in total. The molecular formula is C24H28O4S. The summed E-state index contributed by atoms with van der Waals surface area (Å²) in [5, 5.41) is 0. The van der Waals surface area contributed by atoms with Gasteiger partial charge in [-0.3, -0.25) is 0 Å². The number of methoxy groups -OCH3 is 1. The van der Waals surface area contributed by atoms with Crippen LogP contribution in [0.4, 0.5) is 0 Å². The number of ether oxygens (including phenoxy) is 2. The van der Waals surface area contributed by atoms with Gasteiger partial charge in [0.05, 0.1) is 35.2 Å². The molecule has 154 valence electrons. The summed E-state index contributed by atoms with van der Waals surface area (Å²) in [6, 6.07) is 17.3. The van der Waals surface area contributed by atoms with E-state index in [9.17, 15) is 9.00 Å². The lowest BCUT2D eigenvalue weighted by Crippen LogP contribution is -2.10. The van der Waals surface area contributed by atoms with Gasteiger partial charge in [-0.2, -0.15) is 0 Å². The van der Waals surface area contributed by atoms with Crippen LogP contribution < -0.4 is 0 Å². The van der Waals surface area contributed by atoms with Crippen molar-refractivity contribution in [3.05, 3.63) is 89.0 Å². The van der Waals surface area contributed by atoms with E-state index in [0.29, 0.717) is 4.91 Å². The van der Waals surface area contributed by atoms with E-state index < -0.39 is 22.9 Å². The van der Waals surface area contributed by atoms with E-state index in [1.54, 1.807) is 0 Å². The molecule has 0 radical (unpaired) electrons. The Kier molecular flexibility index (Phi) is 9.38. The molecule has 0 spiro atoms. The summed E-state index contributed by atoms with van der Waals surface area (Å²) >= 11 is 0. The Morgan fingerprint density at radius 1 is 1.10 bits per heavy atom. The van der Waals surface area contributed by atoms with Gasteiger partial charge in [0.15, 0.2) is 6.10 Å². The summed E-state index contributed by atoms with van der Waals surface area (Å²) in [6.07, 6.45) is 6.79. The first kappa shape index (κ1) is 22.6. The van der Waals surface area contributed by atoms with Crippen molar-refractivity contribution in [2.24, 2.45) is 0 Å². The molecule has 0 saturated heterocycles. The van der Waals surface area contributed by atoms with E-state index in [1.165, 1.54) is 19.4 Å². The molecule has 2 atom stereocenters. The Morgan fingerprint density at radius 2 is 1.79 bits per heavy atom. The molecule has 29 heavy (non-hydrogen) atoms. The zero-order chi connectivity index (χ0) is 21.1. The number of benzene rings is 2. The predicted octanol–water partition coefficient (Wildman–Crippen LogP) is 5.62. The van der Waals surface area contributed by atoms with Crippen molar-refractivity contribution < 1.29 is 18.5 Å². The monoisotopic (exact) mass is 412 g/mol. The van der Waals surface area contributed by atoms with Crippen molar-refractivity contribution in [3.8, 4) is 0 Å². The van der Waals surface area contributed by atoms with E-state index in [-0.39, 0.29) is 0 Å². The van der Waals surface area contributed by atoms with Crippen LogP contribution in [0.2, 0.25) is 0 Å².